The van der Waals surface area contributed by atoms with Crippen molar-refractivity contribution in [2.45, 2.75) is 32.7 Å². The van der Waals surface area contributed by atoms with Crippen molar-refractivity contribution >= 4 is 11.9 Å². The van der Waals surface area contributed by atoms with E-state index in [1.165, 1.54) is 0 Å². The molecule has 5 nitrogen and oxygen atoms in total. The number of hydrogen-bond acceptors (Lipinski definition) is 2. The van der Waals surface area contributed by atoms with Crippen LogP contribution in [0.1, 0.15) is 26.7 Å². The SMILES string of the molecule is CC.[NH3+]C(CCC(=O)O)C(=O)O. The summed E-state index contributed by atoms with van der Waals surface area (Å²) < 4.78 is 0. The normalized spacial score (nSPS) is 10.9. The van der Waals surface area contributed by atoms with Crippen LogP contribution in [-0.2, 0) is 9.59 Å². The fraction of sp³-hybridized carbons (Fsp3) is 0.714. The Labute approximate surface area is 71.2 Å². The smallest absolute Gasteiger partial charge is 0.362 e. The molecule has 0 aliphatic heterocycles. The van der Waals surface area contributed by atoms with E-state index in [-0.39, 0.29) is 12.8 Å². The molecule has 0 saturated carbocycles. The lowest BCUT2D eigenvalue weighted by Crippen LogP contribution is -2.64. The summed E-state index contributed by atoms with van der Waals surface area (Å²) in [5, 5.41) is 16.4. The number of carboxylic acid groups (broad SMARTS) is 2. The summed E-state index contributed by atoms with van der Waals surface area (Å²) in [5.41, 5.74) is 3.25. The highest BCUT2D eigenvalue weighted by atomic mass is 16.4. The maximum Gasteiger partial charge on any atom is 0.362 e. The van der Waals surface area contributed by atoms with Gasteiger partial charge in [-0.3, -0.25) is 4.79 Å². The van der Waals surface area contributed by atoms with E-state index in [1.54, 1.807) is 0 Å². The van der Waals surface area contributed by atoms with Crippen molar-refractivity contribution in [3.05, 3.63) is 0 Å². The summed E-state index contributed by atoms with van der Waals surface area (Å²) in [6.07, 6.45) is -0.0505. The zero-order valence-corrected chi connectivity index (χ0v) is 7.41. The second kappa shape index (κ2) is 8.00. The summed E-state index contributed by atoms with van der Waals surface area (Å²) in [7, 11) is 0. The molecule has 0 aliphatic rings. The summed E-state index contributed by atoms with van der Waals surface area (Å²) in [4.78, 5) is 20.0. The Morgan fingerprint density at radius 3 is 2.00 bits per heavy atom. The second-order valence-electron chi connectivity index (χ2n) is 1.97. The van der Waals surface area contributed by atoms with Crippen LogP contribution >= 0.6 is 0 Å². The van der Waals surface area contributed by atoms with Gasteiger partial charge in [0.25, 0.3) is 0 Å². The van der Waals surface area contributed by atoms with E-state index in [0.717, 1.165) is 0 Å². The number of hydrogen-bond donors (Lipinski definition) is 3. The van der Waals surface area contributed by atoms with Crippen molar-refractivity contribution in [2.24, 2.45) is 0 Å². The van der Waals surface area contributed by atoms with Gasteiger partial charge in [-0.25, -0.2) is 4.79 Å². The summed E-state index contributed by atoms with van der Waals surface area (Å²) >= 11 is 0. The number of carbonyl (C=O) groups is 2. The van der Waals surface area contributed by atoms with E-state index in [1.807, 2.05) is 13.8 Å². The topological polar surface area (TPSA) is 102 Å². The van der Waals surface area contributed by atoms with Crippen molar-refractivity contribution < 1.29 is 25.5 Å². The molecular weight excluding hydrogens is 162 g/mol. The van der Waals surface area contributed by atoms with Crippen LogP contribution in [-0.4, -0.2) is 28.2 Å². The summed E-state index contributed by atoms with van der Waals surface area (Å²) in [6, 6.07) is -0.809. The molecule has 1 atom stereocenters. The lowest BCUT2D eigenvalue weighted by molar-refractivity contribution is -0.408. The fourth-order valence-electron chi connectivity index (χ4n) is 0.421. The number of aliphatic carboxylic acids is 2. The van der Waals surface area contributed by atoms with Crippen LogP contribution in [0.2, 0.25) is 0 Å². The van der Waals surface area contributed by atoms with Crippen LogP contribution < -0.4 is 5.73 Å². The van der Waals surface area contributed by atoms with Crippen LogP contribution in [0.15, 0.2) is 0 Å². The van der Waals surface area contributed by atoms with Gasteiger partial charge in [0.05, 0.1) is 6.42 Å². The van der Waals surface area contributed by atoms with E-state index in [4.69, 9.17) is 10.2 Å². The number of rotatable bonds is 4. The number of carboxylic acids is 2. The van der Waals surface area contributed by atoms with Crippen molar-refractivity contribution in [2.75, 3.05) is 0 Å². The van der Waals surface area contributed by atoms with Gasteiger partial charge in [-0.05, 0) is 0 Å². The zero-order valence-electron chi connectivity index (χ0n) is 7.41. The Bertz CT molecular complexity index is 146. The van der Waals surface area contributed by atoms with Gasteiger partial charge in [0.2, 0.25) is 0 Å². The molecule has 0 saturated heterocycles. The molecule has 5 heteroatoms. The number of quaternary nitrogens is 1. The van der Waals surface area contributed by atoms with Gasteiger partial charge in [-0.2, -0.15) is 0 Å². The fourth-order valence-corrected chi connectivity index (χ4v) is 0.421. The minimum Gasteiger partial charge on any atom is -0.481 e. The molecule has 0 spiro atoms. The van der Waals surface area contributed by atoms with Gasteiger partial charge in [0.15, 0.2) is 6.04 Å². The molecule has 0 heterocycles. The van der Waals surface area contributed by atoms with Crippen molar-refractivity contribution in [3.8, 4) is 0 Å². The molecule has 0 rings (SSSR count). The van der Waals surface area contributed by atoms with Gasteiger partial charge in [-0.15, -0.1) is 0 Å². The van der Waals surface area contributed by atoms with Crippen LogP contribution in [0.4, 0.5) is 0 Å². The average Bonchev–Trinajstić information content (AvgIpc) is 2.03. The molecule has 0 aromatic rings. The minimum atomic E-state index is -1.05. The Hall–Kier alpha value is -1.10. The Morgan fingerprint density at radius 1 is 1.33 bits per heavy atom. The van der Waals surface area contributed by atoms with Gasteiger partial charge in [-0.1, -0.05) is 13.8 Å². The third-order valence-electron chi connectivity index (χ3n) is 1.06. The molecule has 0 aromatic carbocycles. The molecule has 0 radical (unpaired) electrons. The van der Waals surface area contributed by atoms with E-state index in [0.29, 0.717) is 0 Å². The Kier molecular flexibility index (Phi) is 8.99. The largest absolute Gasteiger partial charge is 0.481 e. The molecule has 0 fully saturated rings. The summed E-state index contributed by atoms with van der Waals surface area (Å²) in [5.74, 6) is -2.05. The van der Waals surface area contributed by atoms with Gasteiger partial charge in [0.1, 0.15) is 0 Å². The molecule has 12 heavy (non-hydrogen) atoms. The van der Waals surface area contributed by atoms with Gasteiger partial charge >= 0.3 is 11.9 Å². The molecule has 0 bridgehead atoms. The highest BCUT2D eigenvalue weighted by Crippen LogP contribution is 1.91. The first kappa shape index (κ1) is 13.5. The van der Waals surface area contributed by atoms with Crippen molar-refractivity contribution in [1.29, 1.82) is 0 Å². The highest BCUT2D eigenvalue weighted by molar-refractivity contribution is 5.73. The van der Waals surface area contributed by atoms with Crippen molar-refractivity contribution in [1.82, 2.24) is 0 Å². The molecule has 72 valence electrons. The first-order valence-corrected chi connectivity index (χ1v) is 3.81. The summed E-state index contributed by atoms with van der Waals surface area (Å²) in [6.45, 7) is 4.00. The standard InChI is InChI=1S/C5H9NO4.C2H6/c6-3(5(9)10)1-2-4(7)8;1-2/h3H,1-2,6H2,(H,7,8)(H,9,10);1-2H3/p+1. The van der Waals surface area contributed by atoms with Gasteiger partial charge < -0.3 is 15.9 Å². The molecule has 0 aromatic heterocycles. The van der Waals surface area contributed by atoms with E-state index in [2.05, 4.69) is 5.73 Å². The van der Waals surface area contributed by atoms with Crippen LogP contribution in [0.25, 0.3) is 0 Å². The first-order chi connectivity index (χ1) is 5.54. The van der Waals surface area contributed by atoms with Gasteiger partial charge in [0, 0.05) is 6.42 Å². The lowest BCUT2D eigenvalue weighted by Gasteiger charge is -1.98. The maximum atomic E-state index is 10.1. The first-order valence-electron chi connectivity index (χ1n) is 3.81. The molecule has 1 unspecified atom stereocenters. The molecule has 5 N–H and O–H groups in total. The lowest BCUT2D eigenvalue weighted by atomic mass is 10.2. The minimum absolute atomic E-state index is 0.0880. The second-order valence-corrected chi connectivity index (χ2v) is 1.97. The third kappa shape index (κ3) is 8.90. The van der Waals surface area contributed by atoms with E-state index >= 15 is 0 Å². The Morgan fingerprint density at radius 2 is 1.75 bits per heavy atom. The zero-order chi connectivity index (χ0) is 10.1. The highest BCUT2D eigenvalue weighted by Gasteiger charge is 2.16. The predicted octanol–water partition coefficient (Wildman–Crippen LogP) is -0.427. The predicted molar refractivity (Wildman–Crippen MR) is 42.5 cm³/mol. The van der Waals surface area contributed by atoms with Crippen LogP contribution in [0, 0.1) is 0 Å². The third-order valence-corrected chi connectivity index (χ3v) is 1.06. The van der Waals surface area contributed by atoms with E-state index in [9.17, 15) is 9.59 Å². The molecular formula is C7H16NO4+. The van der Waals surface area contributed by atoms with Crippen molar-refractivity contribution in [3.63, 3.8) is 0 Å². The maximum absolute atomic E-state index is 10.1. The Balaban J connectivity index is 0. The van der Waals surface area contributed by atoms with E-state index < -0.39 is 18.0 Å². The van der Waals surface area contributed by atoms with Crippen LogP contribution in [0.5, 0.6) is 0 Å². The monoisotopic (exact) mass is 178 g/mol. The quantitative estimate of drug-likeness (QED) is 0.543. The van der Waals surface area contributed by atoms with Crippen LogP contribution in [0.3, 0.4) is 0 Å². The average molecular weight is 178 g/mol. The molecule has 0 aliphatic carbocycles. The molecule has 0 amide bonds.